The fourth-order valence-corrected chi connectivity index (χ4v) is 1.49. The molecule has 0 spiro atoms. The smallest absolute Gasteiger partial charge is 0.321 e. The Kier molecular flexibility index (Phi) is 2.95. The van der Waals surface area contributed by atoms with Crippen molar-refractivity contribution in [3.8, 4) is 11.8 Å². The van der Waals surface area contributed by atoms with E-state index in [0.717, 1.165) is 16.7 Å². The Morgan fingerprint density at radius 3 is 2.29 bits per heavy atom. The number of benzene rings is 1. The molecule has 1 heterocycles. The second-order valence-corrected chi connectivity index (χ2v) is 4.12. The van der Waals surface area contributed by atoms with Gasteiger partial charge in [0.25, 0.3) is 0 Å². The normalized spacial score (nSPS) is 10.3. The van der Waals surface area contributed by atoms with Crippen LogP contribution in [-0.4, -0.2) is 9.97 Å². The molecule has 0 saturated carbocycles. The van der Waals surface area contributed by atoms with E-state index < -0.39 is 0 Å². The molecular weight excluding hydrogens is 214 g/mol. The average Bonchev–Trinajstić information content (AvgIpc) is 2.29. The fraction of sp³-hybridized carbons (Fsp3) is 0.231. The number of nitrogens with two attached hydrogens (primary N) is 1. The van der Waals surface area contributed by atoms with Gasteiger partial charge in [-0.1, -0.05) is 6.07 Å². The highest BCUT2D eigenvalue weighted by molar-refractivity contribution is 5.54. The topological polar surface area (TPSA) is 61.0 Å². The van der Waals surface area contributed by atoms with E-state index in [9.17, 15) is 0 Å². The van der Waals surface area contributed by atoms with Gasteiger partial charge < -0.3 is 10.5 Å². The zero-order valence-corrected chi connectivity index (χ0v) is 10.2. The van der Waals surface area contributed by atoms with Crippen LogP contribution < -0.4 is 10.5 Å². The Hall–Kier alpha value is -2.10. The van der Waals surface area contributed by atoms with Crippen molar-refractivity contribution in [1.82, 2.24) is 9.97 Å². The third-order valence-electron chi connectivity index (χ3n) is 2.52. The molecule has 0 bridgehead atoms. The van der Waals surface area contributed by atoms with Crippen LogP contribution in [-0.2, 0) is 0 Å². The molecule has 1 aromatic carbocycles. The molecular formula is C13H15N3O. The van der Waals surface area contributed by atoms with Crippen molar-refractivity contribution in [2.45, 2.75) is 20.8 Å². The molecule has 2 rings (SSSR count). The number of aryl methyl sites for hydroxylation is 3. The van der Waals surface area contributed by atoms with E-state index in [4.69, 9.17) is 10.5 Å². The fourth-order valence-electron chi connectivity index (χ4n) is 1.49. The first kappa shape index (κ1) is 11.4. The second kappa shape index (κ2) is 4.41. The van der Waals surface area contributed by atoms with Crippen LogP contribution in [0.25, 0.3) is 0 Å². The standard InChI is InChI=1S/C13H15N3O/c1-8-6-15-13(16-7-8)17-12-5-11(14)9(2)4-10(12)3/h4-7H,14H2,1-3H3. The van der Waals surface area contributed by atoms with Crippen molar-refractivity contribution < 1.29 is 4.74 Å². The van der Waals surface area contributed by atoms with E-state index in [1.54, 1.807) is 18.5 Å². The van der Waals surface area contributed by atoms with E-state index in [-0.39, 0.29) is 0 Å². The summed E-state index contributed by atoms with van der Waals surface area (Å²) in [6.45, 7) is 5.86. The van der Waals surface area contributed by atoms with Gasteiger partial charge in [0.05, 0.1) is 0 Å². The lowest BCUT2D eigenvalue weighted by Crippen LogP contribution is -1.96. The Morgan fingerprint density at radius 2 is 1.65 bits per heavy atom. The molecule has 0 aliphatic rings. The van der Waals surface area contributed by atoms with Crippen molar-refractivity contribution in [3.63, 3.8) is 0 Å². The van der Waals surface area contributed by atoms with Gasteiger partial charge in [0.2, 0.25) is 0 Å². The Morgan fingerprint density at radius 1 is 1.00 bits per heavy atom. The molecule has 4 nitrogen and oxygen atoms in total. The lowest BCUT2D eigenvalue weighted by molar-refractivity contribution is 0.438. The zero-order valence-electron chi connectivity index (χ0n) is 10.2. The van der Waals surface area contributed by atoms with Gasteiger partial charge in [-0.05, 0) is 37.5 Å². The molecule has 2 N–H and O–H groups in total. The molecule has 4 heteroatoms. The number of anilines is 1. The highest BCUT2D eigenvalue weighted by Crippen LogP contribution is 2.27. The van der Waals surface area contributed by atoms with E-state index >= 15 is 0 Å². The number of nitrogens with zero attached hydrogens (tertiary/aromatic N) is 2. The average molecular weight is 229 g/mol. The number of hydrogen-bond donors (Lipinski definition) is 1. The molecule has 2 aromatic rings. The minimum atomic E-state index is 0.335. The summed E-state index contributed by atoms with van der Waals surface area (Å²) in [7, 11) is 0. The number of ether oxygens (including phenoxy) is 1. The number of rotatable bonds is 2. The first-order chi connectivity index (χ1) is 8.06. The van der Waals surface area contributed by atoms with Gasteiger partial charge >= 0.3 is 6.01 Å². The molecule has 0 aliphatic heterocycles. The summed E-state index contributed by atoms with van der Waals surface area (Å²) in [6.07, 6.45) is 3.43. The predicted molar refractivity (Wildman–Crippen MR) is 67.2 cm³/mol. The lowest BCUT2D eigenvalue weighted by Gasteiger charge is -2.09. The maximum atomic E-state index is 5.85. The molecule has 1 aromatic heterocycles. The highest BCUT2D eigenvalue weighted by Gasteiger charge is 2.06. The molecule has 0 fully saturated rings. The quantitative estimate of drug-likeness (QED) is 0.804. The number of aromatic nitrogens is 2. The van der Waals surface area contributed by atoms with Crippen LogP contribution in [0.4, 0.5) is 5.69 Å². The summed E-state index contributed by atoms with van der Waals surface area (Å²) in [4.78, 5) is 8.19. The van der Waals surface area contributed by atoms with Gasteiger partial charge in [-0.25, -0.2) is 9.97 Å². The van der Waals surface area contributed by atoms with Crippen LogP contribution in [0.5, 0.6) is 11.8 Å². The lowest BCUT2D eigenvalue weighted by atomic mass is 10.1. The van der Waals surface area contributed by atoms with Gasteiger partial charge in [0, 0.05) is 24.1 Å². The zero-order chi connectivity index (χ0) is 12.4. The highest BCUT2D eigenvalue weighted by atomic mass is 16.5. The van der Waals surface area contributed by atoms with Gasteiger partial charge in [-0.2, -0.15) is 0 Å². The molecule has 17 heavy (non-hydrogen) atoms. The van der Waals surface area contributed by atoms with Gasteiger partial charge in [-0.15, -0.1) is 0 Å². The summed E-state index contributed by atoms with van der Waals surface area (Å²) in [5.74, 6) is 0.692. The summed E-state index contributed by atoms with van der Waals surface area (Å²) >= 11 is 0. The van der Waals surface area contributed by atoms with Crippen LogP contribution in [0.3, 0.4) is 0 Å². The minimum Gasteiger partial charge on any atom is -0.424 e. The summed E-state index contributed by atoms with van der Waals surface area (Å²) in [5.41, 5.74) is 9.61. The minimum absolute atomic E-state index is 0.335. The van der Waals surface area contributed by atoms with Crippen molar-refractivity contribution in [2.24, 2.45) is 0 Å². The third-order valence-corrected chi connectivity index (χ3v) is 2.52. The Labute approximate surface area is 100 Å². The summed E-state index contributed by atoms with van der Waals surface area (Å²) in [6, 6.07) is 4.12. The van der Waals surface area contributed by atoms with Gasteiger partial charge in [0.15, 0.2) is 0 Å². The van der Waals surface area contributed by atoms with Gasteiger partial charge in [0.1, 0.15) is 5.75 Å². The van der Waals surface area contributed by atoms with Crippen molar-refractivity contribution in [1.29, 1.82) is 0 Å². The molecule has 0 aliphatic carbocycles. The SMILES string of the molecule is Cc1cnc(Oc2cc(N)c(C)cc2C)nc1. The van der Waals surface area contributed by atoms with Crippen molar-refractivity contribution >= 4 is 5.69 Å². The second-order valence-electron chi connectivity index (χ2n) is 4.12. The van der Waals surface area contributed by atoms with Gasteiger partial charge in [-0.3, -0.25) is 0 Å². The van der Waals surface area contributed by atoms with Crippen LogP contribution in [0, 0.1) is 20.8 Å². The van der Waals surface area contributed by atoms with Crippen LogP contribution in [0.2, 0.25) is 0 Å². The van der Waals surface area contributed by atoms with E-state index in [1.165, 1.54) is 0 Å². The number of nitrogen functional groups attached to an aromatic ring is 1. The predicted octanol–water partition coefficient (Wildman–Crippen LogP) is 2.78. The van der Waals surface area contributed by atoms with E-state index in [2.05, 4.69) is 9.97 Å². The summed E-state index contributed by atoms with van der Waals surface area (Å²) < 4.78 is 5.60. The van der Waals surface area contributed by atoms with Crippen molar-refractivity contribution in [3.05, 3.63) is 41.2 Å². The van der Waals surface area contributed by atoms with Crippen LogP contribution in [0.15, 0.2) is 24.5 Å². The molecule has 88 valence electrons. The molecule has 0 atom stereocenters. The monoisotopic (exact) mass is 229 g/mol. The van der Waals surface area contributed by atoms with E-state index in [1.807, 2.05) is 26.8 Å². The number of hydrogen-bond acceptors (Lipinski definition) is 4. The van der Waals surface area contributed by atoms with Crippen LogP contribution >= 0.6 is 0 Å². The molecule has 0 radical (unpaired) electrons. The summed E-state index contributed by atoms with van der Waals surface area (Å²) in [5, 5.41) is 0. The first-order valence-electron chi connectivity index (χ1n) is 5.39. The third kappa shape index (κ3) is 2.53. The first-order valence-corrected chi connectivity index (χ1v) is 5.39. The van der Waals surface area contributed by atoms with Crippen LogP contribution in [0.1, 0.15) is 16.7 Å². The molecule has 0 unspecified atom stereocenters. The largest absolute Gasteiger partial charge is 0.424 e. The molecule has 0 amide bonds. The molecule has 0 saturated heterocycles. The maximum absolute atomic E-state index is 5.85. The van der Waals surface area contributed by atoms with E-state index in [0.29, 0.717) is 17.4 Å². The van der Waals surface area contributed by atoms with Crippen molar-refractivity contribution in [2.75, 3.05) is 5.73 Å². The maximum Gasteiger partial charge on any atom is 0.321 e. The Bertz CT molecular complexity index is 535. The Balaban J connectivity index is 2.30.